The van der Waals surface area contributed by atoms with Gasteiger partial charge in [-0.05, 0) is 67.7 Å². The summed E-state index contributed by atoms with van der Waals surface area (Å²) in [5.74, 6) is 2.23. The molecule has 1 aromatic carbocycles. The molecule has 1 saturated carbocycles. The van der Waals surface area contributed by atoms with Gasteiger partial charge < -0.3 is 26.0 Å². The van der Waals surface area contributed by atoms with Gasteiger partial charge in [0.05, 0.1) is 7.11 Å². The van der Waals surface area contributed by atoms with E-state index < -0.39 is 0 Å². The number of anilines is 1. The second-order valence-corrected chi connectivity index (χ2v) is 7.94. The van der Waals surface area contributed by atoms with E-state index in [0.29, 0.717) is 30.8 Å². The Morgan fingerprint density at radius 1 is 0.929 bits per heavy atom. The third-order valence-corrected chi connectivity index (χ3v) is 5.09. The van der Waals surface area contributed by atoms with Crippen molar-refractivity contribution in [1.82, 2.24) is 16.0 Å². The van der Waals surface area contributed by atoms with Gasteiger partial charge in [-0.25, -0.2) is 9.59 Å². The highest BCUT2D eigenvalue weighted by Gasteiger charge is 2.22. The number of methoxy groups -OCH3 is 1. The van der Waals surface area contributed by atoms with Gasteiger partial charge in [0, 0.05) is 25.3 Å². The van der Waals surface area contributed by atoms with Gasteiger partial charge in [-0.1, -0.05) is 13.8 Å². The van der Waals surface area contributed by atoms with E-state index in [1.807, 2.05) is 24.3 Å². The standard InChI is InChI=1S/C21H34N4O3/c1-15(2)12-22-20(26)23-13-16-4-6-17(7-5-16)14-24-21(27)25-18-8-10-19(28-3)11-9-18/h8-11,15-17H,4-7,12-14H2,1-3H3,(H2,22,23,26)(H2,24,25,27). The molecular formula is C21H34N4O3. The first kappa shape index (κ1) is 21.9. The molecule has 0 unspecified atom stereocenters. The van der Waals surface area contributed by atoms with Crippen LogP contribution in [0.15, 0.2) is 24.3 Å². The van der Waals surface area contributed by atoms with E-state index in [2.05, 4.69) is 35.1 Å². The van der Waals surface area contributed by atoms with Gasteiger partial charge >= 0.3 is 12.1 Å². The van der Waals surface area contributed by atoms with E-state index >= 15 is 0 Å². The first-order chi connectivity index (χ1) is 13.5. The first-order valence-electron chi connectivity index (χ1n) is 10.2. The summed E-state index contributed by atoms with van der Waals surface area (Å²) in [7, 11) is 1.61. The van der Waals surface area contributed by atoms with E-state index in [4.69, 9.17) is 4.74 Å². The van der Waals surface area contributed by atoms with Crippen molar-refractivity contribution in [1.29, 1.82) is 0 Å². The molecule has 0 atom stereocenters. The highest BCUT2D eigenvalue weighted by atomic mass is 16.5. The van der Waals surface area contributed by atoms with Crippen molar-refractivity contribution in [2.45, 2.75) is 39.5 Å². The average Bonchev–Trinajstić information content (AvgIpc) is 2.70. The third-order valence-electron chi connectivity index (χ3n) is 5.09. The molecule has 1 aromatic rings. The smallest absolute Gasteiger partial charge is 0.319 e. The molecule has 28 heavy (non-hydrogen) atoms. The molecule has 7 nitrogen and oxygen atoms in total. The van der Waals surface area contributed by atoms with Crippen LogP contribution in [0, 0.1) is 17.8 Å². The van der Waals surface area contributed by atoms with Crippen LogP contribution in [0.2, 0.25) is 0 Å². The lowest BCUT2D eigenvalue weighted by Crippen LogP contribution is -2.41. The predicted octanol–water partition coefficient (Wildman–Crippen LogP) is 3.58. The number of hydrogen-bond acceptors (Lipinski definition) is 3. The van der Waals surface area contributed by atoms with E-state index in [1.165, 1.54) is 0 Å². The highest BCUT2D eigenvalue weighted by molar-refractivity contribution is 5.89. The zero-order valence-corrected chi connectivity index (χ0v) is 17.2. The topological polar surface area (TPSA) is 91.5 Å². The Bertz CT molecular complexity index is 611. The summed E-state index contributed by atoms with van der Waals surface area (Å²) in [5, 5.41) is 11.6. The minimum Gasteiger partial charge on any atom is -0.497 e. The van der Waals surface area contributed by atoms with Crippen LogP contribution < -0.4 is 26.0 Å². The Balaban J connectivity index is 1.59. The van der Waals surface area contributed by atoms with Crippen LogP contribution in [-0.4, -0.2) is 38.8 Å². The van der Waals surface area contributed by atoms with Gasteiger partial charge in [0.25, 0.3) is 0 Å². The fraction of sp³-hybridized carbons (Fsp3) is 0.619. The summed E-state index contributed by atoms with van der Waals surface area (Å²) in [5.41, 5.74) is 0.740. The van der Waals surface area contributed by atoms with Crippen molar-refractivity contribution in [2.24, 2.45) is 17.8 Å². The minimum absolute atomic E-state index is 0.0762. The molecule has 1 fully saturated rings. The lowest BCUT2D eigenvalue weighted by Gasteiger charge is -2.28. The molecule has 0 aromatic heterocycles. The molecule has 0 aliphatic heterocycles. The monoisotopic (exact) mass is 390 g/mol. The molecule has 4 amide bonds. The van der Waals surface area contributed by atoms with Crippen LogP contribution in [0.1, 0.15) is 39.5 Å². The van der Waals surface area contributed by atoms with Crippen LogP contribution in [0.4, 0.5) is 15.3 Å². The highest BCUT2D eigenvalue weighted by Crippen LogP contribution is 2.28. The molecule has 1 aliphatic rings. The quantitative estimate of drug-likeness (QED) is 0.547. The van der Waals surface area contributed by atoms with Crippen molar-refractivity contribution < 1.29 is 14.3 Å². The van der Waals surface area contributed by atoms with Gasteiger partial charge in [-0.3, -0.25) is 0 Å². The van der Waals surface area contributed by atoms with Crippen molar-refractivity contribution >= 4 is 17.7 Å². The van der Waals surface area contributed by atoms with Crippen LogP contribution >= 0.6 is 0 Å². The number of amides is 4. The Morgan fingerprint density at radius 3 is 1.96 bits per heavy atom. The fourth-order valence-electron chi connectivity index (χ4n) is 3.32. The van der Waals surface area contributed by atoms with Crippen LogP contribution in [-0.2, 0) is 0 Å². The van der Waals surface area contributed by atoms with Crippen molar-refractivity contribution in [2.75, 3.05) is 32.1 Å². The van der Waals surface area contributed by atoms with E-state index in [9.17, 15) is 9.59 Å². The summed E-state index contributed by atoms with van der Waals surface area (Å²) < 4.78 is 5.11. The van der Waals surface area contributed by atoms with Crippen molar-refractivity contribution in [3.63, 3.8) is 0 Å². The van der Waals surface area contributed by atoms with Crippen LogP contribution in [0.5, 0.6) is 5.75 Å². The molecule has 1 aliphatic carbocycles. The molecule has 0 spiro atoms. The van der Waals surface area contributed by atoms with Crippen molar-refractivity contribution in [3.05, 3.63) is 24.3 Å². The van der Waals surface area contributed by atoms with Crippen LogP contribution in [0.3, 0.4) is 0 Å². The maximum Gasteiger partial charge on any atom is 0.319 e. The predicted molar refractivity (Wildman–Crippen MR) is 112 cm³/mol. The largest absolute Gasteiger partial charge is 0.497 e. The minimum atomic E-state index is -0.184. The number of urea groups is 2. The Morgan fingerprint density at radius 2 is 1.46 bits per heavy atom. The SMILES string of the molecule is COc1ccc(NC(=O)NCC2CCC(CNC(=O)NCC(C)C)CC2)cc1. The molecule has 7 heteroatoms. The van der Waals surface area contributed by atoms with Gasteiger partial charge in [0.1, 0.15) is 5.75 Å². The Kier molecular flexibility index (Phi) is 8.91. The lowest BCUT2D eigenvalue weighted by molar-refractivity contribution is 0.226. The summed E-state index contributed by atoms with van der Waals surface area (Å²) in [4.78, 5) is 23.8. The number of carbonyl (C=O) groups is 2. The van der Waals surface area contributed by atoms with Crippen molar-refractivity contribution in [3.8, 4) is 5.75 Å². The van der Waals surface area contributed by atoms with E-state index in [0.717, 1.165) is 43.7 Å². The zero-order valence-electron chi connectivity index (χ0n) is 17.2. The average molecular weight is 391 g/mol. The maximum atomic E-state index is 12.1. The zero-order chi connectivity index (χ0) is 20.4. The molecule has 2 rings (SSSR count). The summed E-state index contributed by atoms with van der Waals surface area (Å²) in [6.07, 6.45) is 4.30. The number of hydrogen-bond donors (Lipinski definition) is 4. The number of ether oxygens (including phenoxy) is 1. The summed E-state index contributed by atoms with van der Waals surface area (Å²) in [6.45, 7) is 6.25. The number of benzene rings is 1. The molecule has 0 heterocycles. The molecular weight excluding hydrogens is 356 g/mol. The number of nitrogens with one attached hydrogen (secondary N) is 4. The number of rotatable bonds is 8. The summed E-state index contributed by atoms with van der Waals surface area (Å²) >= 11 is 0. The van der Waals surface area contributed by atoms with Gasteiger partial charge in [-0.2, -0.15) is 0 Å². The molecule has 0 radical (unpaired) electrons. The molecule has 4 N–H and O–H groups in total. The normalized spacial score (nSPS) is 19.0. The fourth-order valence-corrected chi connectivity index (χ4v) is 3.32. The Hall–Kier alpha value is -2.44. The molecule has 156 valence electrons. The van der Waals surface area contributed by atoms with E-state index in [1.54, 1.807) is 7.11 Å². The first-order valence-corrected chi connectivity index (χ1v) is 10.2. The van der Waals surface area contributed by atoms with Crippen LogP contribution in [0.25, 0.3) is 0 Å². The number of carbonyl (C=O) groups excluding carboxylic acids is 2. The molecule has 0 saturated heterocycles. The Labute approximate surface area is 168 Å². The lowest BCUT2D eigenvalue weighted by atomic mass is 9.82. The maximum absolute atomic E-state index is 12.1. The third kappa shape index (κ3) is 8.06. The summed E-state index contributed by atoms with van der Waals surface area (Å²) in [6, 6.07) is 6.99. The van der Waals surface area contributed by atoms with Gasteiger partial charge in [0.15, 0.2) is 0 Å². The second-order valence-electron chi connectivity index (χ2n) is 7.94. The van der Waals surface area contributed by atoms with Gasteiger partial charge in [-0.15, -0.1) is 0 Å². The second kappa shape index (κ2) is 11.4. The van der Waals surface area contributed by atoms with Gasteiger partial charge in [0.2, 0.25) is 0 Å². The molecule has 0 bridgehead atoms. The van der Waals surface area contributed by atoms with E-state index in [-0.39, 0.29) is 12.1 Å².